The number of halogens is 1. The predicted octanol–water partition coefficient (Wildman–Crippen LogP) is 2.54. The number of thioether (sulfide) groups is 1. The van der Waals surface area contributed by atoms with Gasteiger partial charge >= 0.3 is 19.4 Å². The van der Waals surface area contributed by atoms with Gasteiger partial charge in [0.05, 0.1) is 18.6 Å². The lowest BCUT2D eigenvalue weighted by atomic mass is 9.97. The Bertz CT molecular complexity index is 1500. The molecule has 1 aromatic heterocycles. The van der Waals surface area contributed by atoms with Crippen LogP contribution in [0.1, 0.15) is 46.4 Å². The number of carbonyl (C=O) groups excluding carboxylic acids is 2. The van der Waals surface area contributed by atoms with Crippen molar-refractivity contribution < 1.29 is 37.8 Å². The summed E-state index contributed by atoms with van der Waals surface area (Å²) in [5, 5.41) is 13.4. The highest BCUT2D eigenvalue weighted by molar-refractivity contribution is 8.13. The number of nitrogens with two attached hydrogens (primary N) is 1. The van der Waals surface area contributed by atoms with E-state index >= 15 is 0 Å². The number of hydrogen-bond acceptors (Lipinski definition) is 12. The zero-order valence-corrected chi connectivity index (χ0v) is 28.8. The highest BCUT2D eigenvalue weighted by Gasteiger charge is 2.54. The molecule has 0 radical (unpaired) electrons. The number of aliphatic hydroxyl groups excluding tert-OH is 1. The highest BCUT2D eigenvalue weighted by Crippen LogP contribution is 2.47. The van der Waals surface area contributed by atoms with Crippen LogP contribution in [0.2, 0.25) is 0 Å². The number of H-pyrrole nitrogens is 1. The summed E-state index contributed by atoms with van der Waals surface area (Å²) in [7, 11) is -4.07. The lowest BCUT2D eigenvalue weighted by molar-refractivity contribution is -0.150. The third kappa shape index (κ3) is 10.1. The first-order valence-electron chi connectivity index (χ1n) is 14.6. The number of aromatic amines is 1. The number of alkyl halides is 1. The van der Waals surface area contributed by atoms with Crippen molar-refractivity contribution in [2.45, 2.75) is 70.5 Å². The first kappa shape index (κ1) is 38.1. The molecule has 46 heavy (non-hydrogen) atoms. The van der Waals surface area contributed by atoms with Gasteiger partial charge in [0.1, 0.15) is 29.7 Å². The first-order chi connectivity index (χ1) is 21.5. The van der Waals surface area contributed by atoms with E-state index in [0.29, 0.717) is 0 Å². The van der Waals surface area contributed by atoms with Crippen molar-refractivity contribution >= 4 is 42.2 Å². The van der Waals surface area contributed by atoms with Crippen molar-refractivity contribution in [1.29, 1.82) is 0 Å². The summed E-state index contributed by atoms with van der Waals surface area (Å²) in [6.45, 7) is 7.66. The summed E-state index contributed by atoms with van der Waals surface area (Å²) < 4.78 is 37.3. The minimum absolute atomic E-state index is 0.0988. The van der Waals surface area contributed by atoms with Gasteiger partial charge in [0.2, 0.25) is 0 Å². The summed E-state index contributed by atoms with van der Waals surface area (Å²) in [4.78, 5) is 49.5. The van der Waals surface area contributed by atoms with Crippen LogP contribution < -0.4 is 22.1 Å². The second-order valence-electron chi connectivity index (χ2n) is 12.0. The molecule has 0 unspecified atom stereocenters. The van der Waals surface area contributed by atoms with Crippen LogP contribution in [0.15, 0.2) is 52.2 Å². The normalized spacial score (nSPS) is 23.6. The van der Waals surface area contributed by atoms with Gasteiger partial charge in [-0.25, -0.2) is 14.4 Å². The van der Waals surface area contributed by atoms with Crippen LogP contribution in [0.5, 0.6) is 0 Å². The van der Waals surface area contributed by atoms with E-state index in [-0.39, 0.29) is 36.5 Å². The summed E-state index contributed by atoms with van der Waals surface area (Å²) in [6.07, 6.45) is -2.50. The lowest BCUT2D eigenvalue weighted by Gasteiger charge is -2.26. The van der Waals surface area contributed by atoms with E-state index in [1.165, 1.54) is 13.1 Å². The summed E-state index contributed by atoms with van der Waals surface area (Å²) in [5.41, 5.74) is 4.19. The lowest BCUT2D eigenvalue weighted by Crippen LogP contribution is -2.43. The third-order valence-corrected chi connectivity index (χ3v) is 10.4. The van der Waals surface area contributed by atoms with Crippen LogP contribution in [-0.4, -0.2) is 74.4 Å². The molecule has 1 fully saturated rings. The Labute approximate surface area is 276 Å². The van der Waals surface area contributed by atoms with Gasteiger partial charge in [0, 0.05) is 24.6 Å². The molecule has 0 spiro atoms. The number of esters is 1. The van der Waals surface area contributed by atoms with Gasteiger partial charge < -0.3 is 20.3 Å². The van der Waals surface area contributed by atoms with Gasteiger partial charge in [-0.05, 0) is 32.3 Å². The zero-order valence-electron chi connectivity index (χ0n) is 26.3. The molecule has 2 heterocycles. The molecule has 1 aliphatic heterocycles. The fraction of sp³-hybridized carbons (Fsp3) is 0.586. The van der Waals surface area contributed by atoms with Crippen molar-refractivity contribution in [2.24, 2.45) is 17.1 Å². The number of nitrogens with zero attached hydrogens (tertiary/aromatic N) is 1. The van der Waals surface area contributed by atoms with E-state index in [2.05, 4.69) is 10.1 Å². The van der Waals surface area contributed by atoms with E-state index in [4.69, 9.17) is 35.9 Å². The smallest absolute Gasteiger partial charge is 0.405 e. The SMILES string of the molecule is CC(C)[C@H](N)C(=O)OCC(C)(C)C(=O)SCCO[P@@](=O)(NCc1ccccc1)OC[C@H]1O[C@@H](n2ccc(=O)[nH]c2=O)[C@](C)(Cl)[C@@H]1O. The molecule has 0 amide bonds. The van der Waals surface area contributed by atoms with Crippen LogP contribution in [0.4, 0.5) is 0 Å². The Morgan fingerprint density at radius 1 is 1.24 bits per heavy atom. The van der Waals surface area contributed by atoms with Crippen LogP contribution in [-0.2, 0) is 39.2 Å². The molecule has 14 nitrogen and oxygen atoms in total. The third-order valence-electron chi connectivity index (χ3n) is 7.25. The number of aliphatic hydroxyl groups is 1. The zero-order chi connectivity index (χ0) is 34.3. The van der Waals surface area contributed by atoms with Crippen molar-refractivity contribution in [3.63, 3.8) is 0 Å². The topological polar surface area (TPSA) is 201 Å². The average Bonchev–Trinajstić information content (AvgIpc) is 3.23. The maximum Gasteiger partial charge on any atom is 0.405 e. The number of rotatable bonds is 16. The molecule has 0 bridgehead atoms. The standard InChI is InChI=1S/C29H42ClN4O10PS/c1-18(2)22(31)24(37)41-17-28(3,4)26(38)46-14-13-42-45(40,32-15-19-9-7-6-8-10-19)43-16-20-23(36)29(5,30)25(44-20)34-12-11-21(35)33-27(34)39/h6-12,18,20,22-23,25,36H,13-17,31H2,1-5H3,(H,32,40)(H,33,35,39)/t20-,22+,23-,25-,29-,45+/m1/s1. The number of aromatic nitrogens is 2. The Morgan fingerprint density at radius 3 is 2.54 bits per heavy atom. The van der Waals surface area contributed by atoms with Crippen LogP contribution in [0, 0.1) is 11.3 Å². The molecule has 0 aliphatic carbocycles. The molecule has 5 N–H and O–H groups in total. The van der Waals surface area contributed by atoms with Gasteiger partial charge in [0.15, 0.2) is 11.3 Å². The molecular weight excluding hydrogens is 663 g/mol. The van der Waals surface area contributed by atoms with Crippen molar-refractivity contribution in [3.8, 4) is 0 Å². The minimum atomic E-state index is -4.07. The molecule has 3 rings (SSSR count). The Kier molecular flexibility index (Phi) is 13.4. The molecule has 6 atom stereocenters. The highest BCUT2D eigenvalue weighted by atomic mass is 35.5. The molecule has 17 heteroatoms. The molecule has 1 aromatic carbocycles. The number of benzene rings is 1. The molecule has 2 aromatic rings. The first-order valence-corrected chi connectivity index (χ1v) is 17.5. The van der Waals surface area contributed by atoms with Gasteiger partial charge in [-0.1, -0.05) is 55.9 Å². The quantitative estimate of drug-likeness (QED) is 0.0861. The van der Waals surface area contributed by atoms with Crippen molar-refractivity contribution in [1.82, 2.24) is 14.6 Å². The maximum atomic E-state index is 13.8. The minimum Gasteiger partial charge on any atom is -0.463 e. The second-order valence-corrected chi connectivity index (χ2v) is 15.7. The molecule has 256 valence electrons. The van der Waals surface area contributed by atoms with E-state index < -0.39 is 66.3 Å². The van der Waals surface area contributed by atoms with Gasteiger partial charge in [-0.2, -0.15) is 0 Å². The number of ether oxygens (including phenoxy) is 2. The van der Waals surface area contributed by atoms with E-state index in [1.807, 2.05) is 30.3 Å². The monoisotopic (exact) mass is 704 g/mol. The van der Waals surface area contributed by atoms with Gasteiger partial charge in [0.25, 0.3) is 5.56 Å². The van der Waals surface area contributed by atoms with E-state index in [9.17, 15) is 28.8 Å². The Hall–Kier alpha value is -2.33. The second kappa shape index (κ2) is 16.2. The van der Waals surface area contributed by atoms with Gasteiger partial charge in [-0.15, -0.1) is 11.6 Å². The fourth-order valence-electron chi connectivity index (χ4n) is 4.21. The number of nitrogens with one attached hydrogen (secondary N) is 2. The molecule has 1 aliphatic rings. The van der Waals surface area contributed by atoms with Crippen LogP contribution >= 0.6 is 31.1 Å². The van der Waals surface area contributed by atoms with E-state index in [0.717, 1.165) is 28.0 Å². The van der Waals surface area contributed by atoms with Crippen LogP contribution in [0.25, 0.3) is 0 Å². The van der Waals surface area contributed by atoms with Crippen LogP contribution in [0.3, 0.4) is 0 Å². The Morgan fingerprint density at radius 2 is 1.91 bits per heavy atom. The number of hydrogen-bond donors (Lipinski definition) is 4. The predicted molar refractivity (Wildman–Crippen MR) is 173 cm³/mol. The molecule has 0 saturated carbocycles. The maximum absolute atomic E-state index is 13.8. The summed E-state index contributed by atoms with van der Waals surface area (Å²) >= 11 is 7.51. The van der Waals surface area contributed by atoms with Crippen molar-refractivity contribution in [3.05, 3.63) is 69.0 Å². The van der Waals surface area contributed by atoms with Gasteiger partial charge in [-0.3, -0.25) is 33.0 Å². The fourth-order valence-corrected chi connectivity index (χ4v) is 6.74. The largest absolute Gasteiger partial charge is 0.463 e. The summed E-state index contributed by atoms with van der Waals surface area (Å²) in [6, 6.07) is 9.39. The molecule has 1 saturated heterocycles. The number of carbonyl (C=O) groups is 2. The summed E-state index contributed by atoms with van der Waals surface area (Å²) in [5.74, 6) is -0.604. The van der Waals surface area contributed by atoms with Crippen molar-refractivity contribution in [2.75, 3.05) is 25.6 Å². The van der Waals surface area contributed by atoms with E-state index in [1.54, 1.807) is 27.7 Å². The molecular formula is C29H42ClN4O10PS. The average molecular weight is 705 g/mol. The Balaban J connectivity index is 1.63.